The number of imidazole rings is 1. The molecule has 2 N–H and O–H groups in total. The number of rotatable bonds is 3. The van der Waals surface area contributed by atoms with E-state index in [0.717, 1.165) is 22.0 Å². The summed E-state index contributed by atoms with van der Waals surface area (Å²) in [5, 5.41) is 8.29. The number of hydrogen-bond donors (Lipinski definition) is 2. The number of nitrogens with zero attached hydrogens (tertiary/aromatic N) is 5. The Balaban J connectivity index is 1.53. The number of aromatic nitrogens is 7. The van der Waals surface area contributed by atoms with Crippen molar-refractivity contribution >= 4 is 21.9 Å². The molecule has 0 aliphatic heterocycles. The molecule has 2 aromatic carbocycles. The van der Waals surface area contributed by atoms with Gasteiger partial charge in [-0.25, -0.2) is 9.37 Å². The van der Waals surface area contributed by atoms with Crippen LogP contribution < -0.4 is 0 Å². The second-order valence-electron chi connectivity index (χ2n) is 7.04. The summed E-state index contributed by atoms with van der Waals surface area (Å²) in [7, 11) is 0. The van der Waals surface area contributed by atoms with E-state index in [2.05, 4.69) is 30.1 Å². The van der Waals surface area contributed by atoms with Gasteiger partial charge in [-0.3, -0.25) is 20.1 Å². The lowest BCUT2D eigenvalue weighted by Gasteiger charge is -2.03. The monoisotopic (exact) mass is 407 g/mol. The molecule has 0 fully saturated rings. The summed E-state index contributed by atoms with van der Waals surface area (Å²) in [4.78, 5) is 21.0. The molecule has 0 saturated heterocycles. The Morgan fingerprint density at radius 1 is 0.806 bits per heavy atom. The van der Waals surface area contributed by atoms with Gasteiger partial charge in [0, 0.05) is 28.9 Å². The van der Waals surface area contributed by atoms with Gasteiger partial charge < -0.3 is 4.98 Å². The van der Waals surface area contributed by atoms with Crippen molar-refractivity contribution in [3.63, 3.8) is 0 Å². The van der Waals surface area contributed by atoms with Gasteiger partial charge in [0.2, 0.25) is 0 Å². The average Bonchev–Trinajstić information content (AvgIpc) is 3.43. The van der Waals surface area contributed by atoms with Crippen LogP contribution in [0.1, 0.15) is 0 Å². The third-order valence-corrected chi connectivity index (χ3v) is 5.17. The molecular formula is C23H14FN7. The van der Waals surface area contributed by atoms with Crippen LogP contribution in [0, 0.1) is 5.82 Å². The summed E-state index contributed by atoms with van der Waals surface area (Å²) < 4.78 is 14.4. The molecule has 0 amide bonds. The second kappa shape index (κ2) is 6.81. The number of nitrogens with one attached hydrogen (secondary N) is 2. The molecule has 0 saturated carbocycles. The first kappa shape index (κ1) is 17.4. The Labute approximate surface area is 175 Å². The first-order valence-electron chi connectivity index (χ1n) is 9.62. The maximum absolute atomic E-state index is 14.4. The highest BCUT2D eigenvalue weighted by molar-refractivity contribution is 5.97. The summed E-state index contributed by atoms with van der Waals surface area (Å²) in [5.74, 6) is 0.297. The minimum absolute atomic E-state index is 0.288. The molecule has 0 unspecified atom stereocenters. The minimum atomic E-state index is -0.288. The topological polar surface area (TPSA) is 96.0 Å². The van der Waals surface area contributed by atoms with Crippen LogP contribution in [0.2, 0.25) is 0 Å². The van der Waals surface area contributed by atoms with Crippen LogP contribution in [0.5, 0.6) is 0 Å². The van der Waals surface area contributed by atoms with E-state index in [9.17, 15) is 4.39 Å². The van der Waals surface area contributed by atoms with E-state index in [1.54, 1.807) is 36.9 Å². The molecule has 0 radical (unpaired) electrons. The smallest absolute Gasteiger partial charge is 0.159 e. The molecule has 0 spiro atoms. The predicted octanol–water partition coefficient (Wildman–Crippen LogP) is 4.76. The average molecular weight is 407 g/mol. The molecule has 4 heterocycles. The third kappa shape index (κ3) is 2.84. The largest absolute Gasteiger partial charge is 0.337 e. The van der Waals surface area contributed by atoms with Crippen LogP contribution in [-0.4, -0.2) is 35.1 Å². The van der Waals surface area contributed by atoms with Crippen LogP contribution in [-0.2, 0) is 0 Å². The molecular weight excluding hydrogens is 393 g/mol. The van der Waals surface area contributed by atoms with Gasteiger partial charge >= 0.3 is 0 Å². The number of fused-ring (bicyclic) bond motifs is 2. The van der Waals surface area contributed by atoms with E-state index in [1.807, 2.05) is 30.3 Å². The number of benzene rings is 2. The van der Waals surface area contributed by atoms with Gasteiger partial charge in [0.1, 0.15) is 17.2 Å². The first-order chi connectivity index (χ1) is 15.3. The molecule has 0 bridgehead atoms. The minimum Gasteiger partial charge on any atom is -0.337 e. The van der Waals surface area contributed by atoms with E-state index >= 15 is 0 Å². The van der Waals surface area contributed by atoms with Crippen LogP contribution >= 0.6 is 0 Å². The zero-order chi connectivity index (χ0) is 20.8. The Hall–Kier alpha value is -4.46. The Kier molecular flexibility index (Phi) is 3.82. The highest BCUT2D eigenvalue weighted by Crippen LogP contribution is 2.33. The van der Waals surface area contributed by atoms with Crippen LogP contribution in [0.4, 0.5) is 4.39 Å². The van der Waals surface area contributed by atoms with E-state index < -0.39 is 0 Å². The molecule has 6 rings (SSSR count). The lowest BCUT2D eigenvalue weighted by molar-refractivity contribution is 0.631. The lowest BCUT2D eigenvalue weighted by Crippen LogP contribution is -1.88. The molecule has 4 aromatic heterocycles. The SMILES string of the molecule is Fc1ccccc1-c1cccc2[nH]c(-c3n[nH]c4cnc(-c5cnccn5)cc34)nc12. The number of pyridine rings is 1. The number of H-pyrrole nitrogens is 2. The maximum Gasteiger partial charge on any atom is 0.159 e. The zero-order valence-electron chi connectivity index (χ0n) is 16.0. The van der Waals surface area contributed by atoms with Gasteiger partial charge in [-0.2, -0.15) is 5.10 Å². The van der Waals surface area contributed by atoms with Crippen molar-refractivity contribution in [2.24, 2.45) is 0 Å². The van der Waals surface area contributed by atoms with Gasteiger partial charge in [0.25, 0.3) is 0 Å². The second-order valence-corrected chi connectivity index (χ2v) is 7.04. The Morgan fingerprint density at radius 2 is 1.71 bits per heavy atom. The van der Waals surface area contributed by atoms with Gasteiger partial charge in [0.15, 0.2) is 5.82 Å². The normalized spacial score (nSPS) is 11.4. The molecule has 148 valence electrons. The van der Waals surface area contributed by atoms with Crippen molar-refractivity contribution < 1.29 is 4.39 Å². The summed E-state index contributed by atoms with van der Waals surface area (Å²) in [6, 6.07) is 14.3. The van der Waals surface area contributed by atoms with Crippen molar-refractivity contribution in [3.8, 4) is 34.0 Å². The maximum atomic E-state index is 14.4. The lowest BCUT2D eigenvalue weighted by atomic mass is 10.0. The van der Waals surface area contributed by atoms with Crippen molar-refractivity contribution in [1.29, 1.82) is 0 Å². The van der Waals surface area contributed by atoms with Gasteiger partial charge in [-0.1, -0.05) is 30.3 Å². The molecule has 0 aliphatic carbocycles. The van der Waals surface area contributed by atoms with Crippen molar-refractivity contribution in [2.75, 3.05) is 0 Å². The van der Waals surface area contributed by atoms with Crippen LogP contribution in [0.15, 0.2) is 73.3 Å². The fourth-order valence-electron chi connectivity index (χ4n) is 3.71. The molecule has 6 aromatic rings. The van der Waals surface area contributed by atoms with E-state index in [1.165, 1.54) is 6.07 Å². The Morgan fingerprint density at radius 3 is 2.58 bits per heavy atom. The highest BCUT2D eigenvalue weighted by Gasteiger charge is 2.17. The van der Waals surface area contributed by atoms with Crippen molar-refractivity contribution in [2.45, 2.75) is 0 Å². The van der Waals surface area contributed by atoms with Gasteiger partial charge in [-0.15, -0.1) is 0 Å². The summed E-state index contributed by atoms with van der Waals surface area (Å²) in [6.07, 6.45) is 6.62. The zero-order valence-corrected chi connectivity index (χ0v) is 16.0. The van der Waals surface area contributed by atoms with Crippen molar-refractivity contribution in [3.05, 3.63) is 79.1 Å². The predicted molar refractivity (Wildman–Crippen MR) is 115 cm³/mol. The van der Waals surface area contributed by atoms with Crippen LogP contribution in [0.25, 0.3) is 56.0 Å². The summed E-state index contributed by atoms with van der Waals surface area (Å²) in [6.45, 7) is 0. The Bertz CT molecular complexity index is 1550. The van der Waals surface area contributed by atoms with E-state index in [4.69, 9.17) is 4.98 Å². The van der Waals surface area contributed by atoms with E-state index in [-0.39, 0.29) is 5.82 Å². The fraction of sp³-hybridized carbons (Fsp3) is 0. The van der Waals surface area contributed by atoms with Gasteiger partial charge in [-0.05, 0) is 18.2 Å². The number of aromatic amines is 2. The van der Waals surface area contributed by atoms with E-state index in [0.29, 0.717) is 34.0 Å². The van der Waals surface area contributed by atoms with Gasteiger partial charge in [0.05, 0.1) is 34.6 Å². The van der Waals surface area contributed by atoms with Crippen LogP contribution in [0.3, 0.4) is 0 Å². The fourth-order valence-corrected chi connectivity index (χ4v) is 3.71. The first-order valence-corrected chi connectivity index (χ1v) is 9.62. The number of para-hydroxylation sites is 1. The standard InChI is InChI=1S/C23H14FN7/c24-16-6-2-1-4-13(16)14-5-3-7-17-21(14)29-23(28-17)22-15-10-18(20-11-25-8-9-26-20)27-12-19(15)30-31-22/h1-12H,(H,28,29)(H,30,31). The number of hydrogen-bond acceptors (Lipinski definition) is 5. The van der Waals surface area contributed by atoms with Crippen molar-refractivity contribution in [1.82, 2.24) is 35.1 Å². The molecule has 7 nitrogen and oxygen atoms in total. The third-order valence-electron chi connectivity index (χ3n) is 5.17. The quantitative estimate of drug-likeness (QED) is 0.441. The highest BCUT2D eigenvalue weighted by atomic mass is 19.1. The molecule has 0 atom stereocenters. The molecule has 0 aliphatic rings. The number of halogens is 1. The summed E-state index contributed by atoms with van der Waals surface area (Å²) in [5.41, 5.74) is 5.49. The molecule has 8 heteroatoms. The molecule has 31 heavy (non-hydrogen) atoms. The summed E-state index contributed by atoms with van der Waals surface area (Å²) >= 11 is 0.